The third-order valence-electron chi connectivity index (χ3n) is 4.26. The van der Waals surface area contributed by atoms with Crippen LogP contribution in [0.2, 0.25) is 0 Å². The molecule has 128 valence electrons. The van der Waals surface area contributed by atoms with Crippen molar-refractivity contribution in [3.05, 3.63) is 52.3 Å². The monoisotopic (exact) mass is 339 g/mol. The summed E-state index contributed by atoms with van der Waals surface area (Å²) in [5, 5.41) is 2.80. The lowest BCUT2D eigenvalue weighted by molar-refractivity contribution is 0.0748. The Bertz CT molecular complexity index is 971. The molecule has 0 atom stereocenters. The fourth-order valence-electron chi connectivity index (χ4n) is 2.99. The molecule has 3 aromatic heterocycles. The van der Waals surface area contributed by atoms with E-state index in [4.69, 9.17) is 0 Å². The van der Waals surface area contributed by atoms with E-state index in [1.807, 2.05) is 4.90 Å². The molecule has 1 fully saturated rings. The molecule has 9 nitrogen and oxygen atoms in total. The number of anilines is 1. The summed E-state index contributed by atoms with van der Waals surface area (Å²) in [5.41, 5.74) is 1.13. The zero-order valence-corrected chi connectivity index (χ0v) is 13.7. The number of carbonyl (C=O) groups excluding carboxylic acids is 1. The fraction of sp³-hybridized carbons (Fsp3) is 0.312. The van der Waals surface area contributed by atoms with Gasteiger partial charge < -0.3 is 9.80 Å². The number of nitrogens with one attached hydrogen (secondary N) is 1. The smallest absolute Gasteiger partial charge is 0.272 e. The van der Waals surface area contributed by atoms with E-state index in [1.165, 1.54) is 16.8 Å². The summed E-state index contributed by atoms with van der Waals surface area (Å²) in [6.07, 6.45) is 4.95. The van der Waals surface area contributed by atoms with Crippen molar-refractivity contribution in [1.29, 1.82) is 0 Å². The topological polar surface area (TPSA) is 99.5 Å². The number of piperazine rings is 1. The standard InChI is InChI=1S/C16H17N7O2/c1-11-9-13(24)23-14(20-11)12(10-19-23)15(25)21-5-7-22(8-6-21)16-17-3-2-4-18-16/h2-4,9-10,19H,5-8H2,1H3. The maximum absolute atomic E-state index is 12.8. The Morgan fingerprint density at radius 3 is 2.60 bits per heavy atom. The quantitative estimate of drug-likeness (QED) is 0.710. The third kappa shape index (κ3) is 2.73. The number of rotatable bonds is 2. The lowest BCUT2D eigenvalue weighted by Gasteiger charge is -2.34. The van der Waals surface area contributed by atoms with Gasteiger partial charge in [-0.2, -0.15) is 0 Å². The number of amides is 1. The number of H-pyrrole nitrogens is 1. The molecule has 0 unspecified atom stereocenters. The molecule has 4 rings (SSSR count). The highest BCUT2D eigenvalue weighted by molar-refractivity contribution is 5.99. The van der Waals surface area contributed by atoms with Crippen molar-refractivity contribution in [2.75, 3.05) is 31.1 Å². The van der Waals surface area contributed by atoms with Gasteiger partial charge in [0, 0.05) is 56.5 Å². The van der Waals surface area contributed by atoms with Gasteiger partial charge in [0.05, 0.1) is 0 Å². The first kappa shape index (κ1) is 15.3. The first-order valence-electron chi connectivity index (χ1n) is 8.02. The maximum atomic E-state index is 12.8. The number of aryl methyl sites for hydroxylation is 1. The van der Waals surface area contributed by atoms with Gasteiger partial charge in [-0.3, -0.25) is 14.7 Å². The Morgan fingerprint density at radius 2 is 1.88 bits per heavy atom. The average molecular weight is 339 g/mol. The zero-order valence-electron chi connectivity index (χ0n) is 13.7. The third-order valence-corrected chi connectivity index (χ3v) is 4.26. The van der Waals surface area contributed by atoms with Crippen molar-refractivity contribution in [1.82, 2.24) is 29.5 Å². The molecule has 1 aliphatic rings. The molecule has 0 spiro atoms. The predicted octanol–water partition coefficient (Wildman–Crippen LogP) is 0.0834. The molecule has 9 heteroatoms. The van der Waals surface area contributed by atoms with Crippen LogP contribution in [0.1, 0.15) is 16.1 Å². The van der Waals surface area contributed by atoms with Gasteiger partial charge in [-0.1, -0.05) is 0 Å². The first-order valence-corrected chi connectivity index (χ1v) is 8.02. The molecule has 0 aliphatic carbocycles. The molecule has 1 saturated heterocycles. The summed E-state index contributed by atoms with van der Waals surface area (Å²) in [7, 11) is 0. The van der Waals surface area contributed by atoms with E-state index in [2.05, 4.69) is 20.1 Å². The van der Waals surface area contributed by atoms with E-state index in [0.29, 0.717) is 49.0 Å². The van der Waals surface area contributed by atoms with Crippen LogP contribution >= 0.6 is 0 Å². The van der Waals surface area contributed by atoms with Gasteiger partial charge in [-0.25, -0.2) is 19.5 Å². The summed E-state index contributed by atoms with van der Waals surface area (Å²) in [6, 6.07) is 3.20. The van der Waals surface area contributed by atoms with Crippen LogP contribution in [-0.2, 0) is 0 Å². The minimum Gasteiger partial charge on any atom is -0.337 e. The molecule has 0 saturated carbocycles. The molecule has 1 amide bonds. The first-order chi connectivity index (χ1) is 12.1. The second kappa shape index (κ2) is 6.00. The van der Waals surface area contributed by atoms with E-state index in [1.54, 1.807) is 30.3 Å². The van der Waals surface area contributed by atoms with Crippen molar-refractivity contribution in [2.45, 2.75) is 6.92 Å². The van der Waals surface area contributed by atoms with Gasteiger partial charge in [0.1, 0.15) is 5.56 Å². The van der Waals surface area contributed by atoms with E-state index in [0.717, 1.165) is 0 Å². The summed E-state index contributed by atoms with van der Waals surface area (Å²) in [4.78, 5) is 41.4. The van der Waals surface area contributed by atoms with Crippen LogP contribution in [0.3, 0.4) is 0 Å². The minimum absolute atomic E-state index is 0.134. The molecule has 0 aromatic carbocycles. The number of hydrogen-bond acceptors (Lipinski definition) is 6. The van der Waals surface area contributed by atoms with E-state index >= 15 is 0 Å². The van der Waals surface area contributed by atoms with Crippen molar-refractivity contribution in [3.8, 4) is 0 Å². The van der Waals surface area contributed by atoms with Gasteiger partial charge in [-0.05, 0) is 13.0 Å². The highest BCUT2D eigenvalue weighted by atomic mass is 16.2. The number of hydrogen-bond donors (Lipinski definition) is 1. The Labute approximate surface area is 142 Å². The lowest BCUT2D eigenvalue weighted by Crippen LogP contribution is -2.49. The highest BCUT2D eigenvalue weighted by Crippen LogP contribution is 2.14. The van der Waals surface area contributed by atoms with Crippen molar-refractivity contribution in [3.63, 3.8) is 0 Å². The maximum Gasteiger partial charge on any atom is 0.272 e. The predicted molar refractivity (Wildman–Crippen MR) is 90.7 cm³/mol. The van der Waals surface area contributed by atoms with Crippen LogP contribution in [-0.4, -0.2) is 61.6 Å². The van der Waals surface area contributed by atoms with Crippen LogP contribution in [0.15, 0.2) is 35.5 Å². The second-order valence-electron chi connectivity index (χ2n) is 5.91. The van der Waals surface area contributed by atoms with Crippen LogP contribution < -0.4 is 10.5 Å². The number of carbonyl (C=O) groups is 1. The Kier molecular flexibility index (Phi) is 3.68. The lowest BCUT2D eigenvalue weighted by atomic mass is 10.2. The van der Waals surface area contributed by atoms with E-state index in [-0.39, 0.29) is 11.5 Å². The van der Waals surface area contributed by atoms with Crippen LogP contribution in [0.4, 0.5) is 5.95 Å². The fourth-order valence-corrected chi connectivity index (χ4v) is 2.99. The number of fused-ring (bicyclic) bond motifs is 1. The highest BCUT2D eigenvalue weighted by Gasteiger charge is 2.26. The molecule has 4 heterocycles. The molecular formula is C16H17N7O2. The van der Waals surface area contributed by atoms with Crippen LogP contribution in [0, 0.1) is 6.92 Å². The summed E-state index contributed by atoms with van der Waals surface area (Å²) in [5.74, 6) is 0.537. The largest absolute Gasteiger partial charge is 0.337 e. The number of nitrogens with zero attached hydrogens (tertiary/aromatic N) is 6. The summed E-state index contributed by atoms with van der Waals surface area (Å²) >= 11 is 0. The summed E-state index contributed by atoms with van der Waals surface area (Å²) < 4.78 is 1.29. The van der Waals surface area contributed by atoms with Crippen LogP contribution in [0.5, 0.6) is 0 Å². The van der Waals surface area contributed by atoms with Crippen LogP contribution in [0.25, 0.3) is 5.65 Å². The molecule has 0 radical (unpaired) electrons. The second-order valence-corrected chi connectivity index (χ2v) is 5.91. The van der Waals surface area contributed by atoms with Crippen molar-refractivity contribution in [2.24, 2.45) is 0 Å². The van der Waals surface area contributed by atoms with E-state index < -0.39 is 0 Å². The van der Waals surface area contributed by atoms with Gasteiger partial charge in [-0.15, -0.1) is 0 Å². The minimum atomic E-state index is -0.229. The zero-order chi connectivity index (χ0) is 17.4. The van der Waals surface area contributed by atoms with Gasteiger partial charge >= 0.3 is 0 Å². The van der Waals surface area contributed by atoms with Gasteiger partial charge in [0.25, 0.3) is 11.5 Å². The van der Waals surface area contributed by atoms with Gasteiger partial charge in [0.2, 0.25) is 5.95 Å². The molecular weight excluding hydrogens is 322 g/mol. The molecule has 3 aromatic rings. The SMILES string of the molecule is Cc1cc(=O)n2[nH]cc(C(=O)N3CCN(c4ncccn4)CC3)c2n1. The normalized spacial score (nSPS) is 14.9. The van der Waals surface area contributed by atoms with Crippen molar-refractivity contribution < 1.29 is 4.79 Å². The van der Waals surface area contributed by atoms with Crippen molar-refractivity contribution >= 4 is 17.5 Å². The number of aromatic nitrogens is 5. The average Bonchev–Trinajstić information content (AvgIpc) is 3.06. The Balaban J connectivity index is 1.54. The molecule has 0 bridgehead atoms. The molecule has 1 aliphatic heterocycles. The van der Waals surface area contributed by atoms with Gasteiger partial charge in [0.15, 0.2) is 5.65 Å². The molecule has 25 heavy (non-hydrogen) atoms. The molecule has 1 N–H and O–H groups in total. The Hall–Kier alpha value is -3.23. The Morgan fingerprint density at radius 1 is 1.16 bits per heavy atom. The number of aromatic amines is 1. The van der Waals surface area contributed by atoms with E-state index in [9.17, 15) is 9.59 Å². The summed E-state index contributed by atoms with van der Waals surface area (Å²) in [6.45, 7) is 4.17.